The van der Waals surface area contributed by atoms with Crippen LogP contribution in [-0.2, 0) is 29.7 Å². The van der Waals surface area contributed by atoms with E-state index in [0.29, 0.717) is 22.9 Å². The molecule has 1 amide bonds. The molecule has 0 saturated carbocycles. The summed E-state index contributed by atoms with van der Waals surface area (Å²) in [7, 11) is 5.15. The highest BCUT2D eigenvalue weighted by Gasteiger charge is 2.21. The van der Waals surface area contributed by atoms with Gasteiger partial charge in [0.2, 0.25) is 5.91 Å². The Hall–Kier alpha value is -3.54. The number of ether oxygens (including phenoxy) is 1. The summed E-state index contributed by atoms with van der Waals surface area (Å²) in [5.41, 5.74) is 4.32. The van der Waals surface area contributed by atoms with Gasteiger partial charge in [0, 0.05) is 26.6 Å². The molecule has 0 unspecified atom stereocenters. The minimum absolute atomic E-state index is 0.0207. The van der Waals surface area contributed by atoms with Crippen LogP contribution in [0.4, 0.5) is 5.82 Å². The topological polar surface area (TPSA) is 139 Å². The quantitative estimate of drug-likeness (QED) is 0.290. The third-order valence-electron chi connectivity index (χ3n) is 5.35. The van der Waals surface area contributed by atoms with Crippen molar-refractivity contribution in [3.63, 3.8) is 0 Å². The molecule has 0 aliphatic carbocycles. The van der Waals surface area contributed by atoms with Crippen molar-refractivity contribution in [2.75, 3.05) is 32.7 Å². The fourth-order valence-electron chi connectivity index (χ4n) is 3.85. The SMILES string of the molecule is CNc1nc2c(cc(-c3cccc(CNC(=O)COC)n3)n2C[C@H](O)CO)c2c1ncn2C. The van der Waals surface area contributed by atoms with Crippen molar-refractivity contribution in [2.24, 2.45) is 7.05 Å². The number of aliphatic hydroxyl groups excluding tert-OH is 2. The van der Waals surface area contributed by atoms with E-state index in [4.69, 9.17) is 14.7 Å². The summed E-state index contributed by atoms with van der Waals surface area (Å²) in [6.07, 6.45) is 0.756. The normalized spacial score (nSPS) is 12.4. The average Bonchev–Trinajstić information content (AvgIpc) is 3.38. The first-order valence-electron chi connectivity index (χ1n) is 10.5. The van der Waals surface area contributed by atoms with E-state index in [0.717, 1.165) is 22.1 Å². The predicted molar refractivity (Wildman–Crippen MR) is 124 cm³/mol. The van der Waals surface area contributed by atoms with Gasteiger partial charge in [-0.2, -0.15) is 0 Å². The van der Waals surface area contributed by atoms with Crippen LogP contribution in [0.15, 0.2) is 30.6 Å². The summed E-state index contributed by atoms with van der Waals surface area (Å²) in [5.74, 6) is 0.386. The molecule has 0 aliphatic rings. The Labute approximate surface area is 190 Å². The van der Waals surface area contributed by atoms with E-state index >= 15 is 0 Å². The maximum Gasteiger partial charge on any atom is 0.246 e. The van der Waals surface area contributed by atoms with E-state index in [9.17, 15) is 15.0 Å². The summed E-state index contributed by atoms with van der Waals surface area (Å²) >= 11 is 0. The van der Waals surface area contributed by atoms with Crippen molar-refractivity contribution in [3.8, 4) is 11.4 Å². The van der Waals surface area contributed by atoms with Gasteiger partial charge in [-0.1, -0.05) is 6.07 Å². The number of aliphatic hydroxyl groups is 2. The number of hydrogen-bond acceptors (Lipinski definition) is 8. The minimum Gasteiger partial charge on any atom is -0.394 e. The average molecular weight is 454 g/mol. The number of amides is 1. The molecule has 4 rings (SSSR count). The van der Waals surface area contributed by atoms with E-state index in [1.54, 1.807) is 13.4 Å². The van der Waals surface area contributed by atoms with E-state index < -0.39 is 6.10 Å². The maximum absolute atomic E-state index is 11.7. The predicted octanol–water partition coefficient (Wildman–Crippen LogP) is 0.642. The van der Waals surface area contributed by atoms with Crippen LogP contribution in [0.2, 0.25) is 0 Å². The highest BCUT2D eigenvalue weighted by molar-refractivity contribution is 6.07. The van der Waals surface area contributed by atoms with Crippen LogP contribution in [0, 0.1) is 0 Å². The largest absolute Gasteiger partial charge is 0.394 e. The van der Waals surface area contributed by atoms with Gasteiger partial charge in [0.15, 0.2) is 5.82 Å². The monoisotopic (exact) mass is 453 g/mol. The molecule has 4 N–H and O–H groups in total. The van der Waals surface area contributed by atoms with Crippen LogP contribution < -0.4 is 10.6 Å². The number of carbonyl (C=O) groups is 1. The van der Waals surface area contributed by atoms with E-state index in [2.05, 4.69) is 15.6 Å². The number of carbonyl (C=O) groups excluding carboxylic acids is 1. The van der Waals surface area contributed by atoms with Crippen LogP contribution in [0.25, 0.3) is 33.5 Å². The summed E-state index contributed by atoms with van der Waals surface area (Å²) in [4.78, 5) is 25.7. The molecule has 33 heavy (non-hydrogen) atoms. The van der Waals surface area contributed by atoms with Crippen LogP contribution in [-0.4, -0.2) is 73.7 Å². The van der Waals surface area contributed by atoms with Gasteiger partial charge in [-0.15, -0.1) is 0 Å². The Morgan fingerprint density at radius 1 is 1.30 bits per heavy atom. The first-order chi connectivity index (χ1) is 16.0. The molecule has 11 heteroatoms. The van der Waals surface area contributed by atoms with Crippen molar-refractivity contribution in [1.82, 2.24) is 29.4 Å². The first-order valence-corrected chi connectivity index (χ1v) is 10.5. The molecule has 4 aromatic heterocycles. The number of nitrogens with one attached hydrogen (secondary N) is 2. The molecule has 4 heterocycles. The molecule has 174 valence electrons. The molecule has 4 aromatic rings. The highest BCUT2D eigenvalue weighted by atomic mass is 16.5. The zero-order chi connectivity index (χ0) is 23.5. The molecule has 0 spiro atoms. The van der Waals surface area contributed by atoms with Gasteiger partial charge >= 0.3 is 0 Å². The van der Waals surface area contributed by atoms with Gasteiger partial charge in [0.25, 0.3) is 0 Å². The van der Waals surface area contributed by atoms with Crippen LogP contribution in [0.5, 0.6) is 0 Å². The number of fused-ring (bicyclic) bond motifs is 3. The second-order valence-electron chi connectivity index (χ2n) is 7.70. The number of nitrogens with zero attached hydrogens (tertiary/aromatic N) is 5. The van der Waals surface area contributed by atoms with E-state index in [1.807, 2.05) is 40.4 Å². The summed E-state index contributed by atoms with van der Waals surface area (Å²) in [6.45, 7) is -0.0208. The smallest absolute Gasteiger partial charge is 0.246 e. The molecule has 0 saturated heterocycles. The highest BCUT2D eigenvalue weighted by Crippen LogP contribution is 2.34. The van der Waals surface area contributed by atoms with Crippen molar-refractivity contribution in [2.45, 2.75) is 19.2 Å². The number of aryl methyl sites for hydroxylation is 1. The Morgan fingerprint density at radius 2 is 2.12 bits per heavy atom. The number of rotatable bonds is 9. The number of pyridine rings is 2. The Bertz CT molecular complexity index is 1300. The van der Waals surface area contributed by atoms with Gasteiger partial charge in [-0.05, 0) is 18.2 Å². The summed E-state index contributed by atoms with van der Waals surface area (Å²) < 4.78 is 8.61. The Morgan fingerprint density at radius 3 is 2.85 bits per heavy atom. The molecule has 11 nitrogen and oxygen atoms in total. The van der Waals surface area contributed by atoms with Crippen LogP contribution in [0.3, 0.4) is 0 Å². The Balaban J connectivity index is 1.85. The van der Waals surface area contributed by atoms with Gasteiger partial charge in [-0.3, -0.25) is 4.79 Å². The second-order valence-corrected chi connectivity index (χ2v) is 7.70. The molecule has 0 radical (unpaired) electrons. The first kappa shape index (κ1) is 22.6. The minimum atomic E-state index is -0.974. The lowest BCUT2D eigenvalue weighted by molar-refractivity contribution is -0.124. The zero-order valence-electron chi connectivity index (χ0n) is 18.7. The molecule has 0 aliphatic heterocycles. The second kappa shape index (κ2) is 9.53. The molecule has 0 bridgehead atoms. The lowest BCUT2D eigenvalue weighted by Crippen LogP contribution is -2.27. The van der Waals surface area contributed by atoms with Crippen molar-refractivity contribution < 1.29 is 19.7 Å². The van der Waals surface area contributed by atoms with Crippen LogP contribution in [0.1, 0.15) is 5.69 Å². The molecular weight excluding hydrogens is 426 g/mol. The van der Waals surface area contributed by atoms with Crippen LogP contribution >= 0.6 is 0 Å². The standard InChI is InChI=1S/C22H27N7O4/c1-23-21-19-20(28(2)12-25-19)15-7-17(29(22(15)27-21)9-14(31)10-30)16-6-4-5-13(26-16)8-24-18(32)11-33-3/h4-7,12,14,30-31H,8-11H2,1-3H3,(H,23,27)(H,24,32)/t14-/m0/s1. The van der Waals surface area contributed by atoms with E-state index in [1.165, 1.54) is 7.11 Å². The fourth-order valence-corrected chi connectivity index (χ4v) is 3.85. The van der Waals surface area contributed by atoms with Crippen molar-refractivity contribution in [1.29, 1.82) is 0 Å². The van der Waals surface area contributed by atoms with Gasteiger partial charge in [0.1, 0.15) is 17.8 Å². The zero-order valence-corrected chi connectivity index (χ0v) is 18.7. The molecule has 0 aromatic carbocycles. The van der Waals surface area contributed by atoms with Crippen molar-refractivity contribution >= 4 is 33.8 Å². The van der Waals surface area contributed by atoms with Crippen molar-refractivity contribution in [3.05, 3.63) is 36.3 Å². The number of methoxy groups -OCH3 is 1. The van der Waals surface area contributed by atoms with Gasteiger partial charge < -0.3 is 34.7 Å². The third kappa shape index (κ3) is 4.38. The number of aromatic nitrogens is 5. The number of imidazole rings is 1. The van der Waals surface area contributed by atoms with Gasteiger partial charge in [0.05, 0.1) is 54.7 Å². The van der Waals surface area contributed by atoms with E-state index in [-0.39, 0.29) is 32.2 Å². The lowest BCUT2D eigenvalue weighted by Gasteiger charge is -2.14. The molecular formula is C22H27N7O4. The maximum atomic E-state index is 11.7. The third-order valence-corrected chi connectivity index (χ3v) is 5.35. The molecule has 0 fully saturated rings. The Kier molecular flexibility index (Phi) is 6.54. The van der Waals surface area contributed by atoms with Gasteiger partial charge in [-0.25, -0.2) is 15.0 Å². The fraction of sp³-hybridized carbons (Fsp3) is 0.364. The molecule has 1 atom stereocenters. The lowest BCUT2D eigenvalue weighted by atomic mass is 10.2. The summed E-state index contributed by atoms with van der Waals surface area (Å²) in [6, 6.07) is 7.50. The number of anilines is 1. The summed E-state index contributed by atoms with van der Waals surface area (Å²) in [5, 5.41) is 26.4. The number of hydrogen-bond donors (Lipinski definition) is 4.